The number of aliphatic imine (C=N–C) groups is 1. The van der Waals surface area contributed by atoms with E-state index in [1.54, 1.807) is 13.8 Å². The molecule has 0 bridgehead atoms. The molecule has 1 aromatic carbocycles. The maximum absolute atomic E-state index is 12.2. The van der Waals surface area contributed by atoms with Gasteiger partial charge in [0.2, 0.25) is 0 Å². The van der Waals surface area contributed by atoms with Crippen LogP contribution in [0.1, 0.15) is 27.7 Å². The normalized spacial score (nSPS) is 20.0. The zero-order valence-corrected chi connectivity index (χ0v) is 19.1. The lowest BCUT2D eigenvalue weighted by molar-refractivity contribution is 0.229. The Kier molecular flexibility index (Phi) is 8.65. The second-order valence-electron chi connectivity index (χ2n) is 6.94. The number of benzene rings is 1. The van der Waals surface area contributed by atoms with Gasteiger partial charge >= 0.3 is 0 Å². The minimum absolute atomic E-state index is 0. The highest BCUT2D eigenvalue weighted by Gasteiger charge is 2.40. The van der Waals surface area contributed by atoms with Crippen LogP contribution >= 0.6 is 24.0 Å². The monoisotopic (exact) mass is 495 g/mol. The van der Waals surface area contributed by atoms with Gasteiger partial charge in [-0.15, -0.1) is 24.0 Å². The summed E-state index contributed by atoms with van der Waals surface area (Å²) in [5.41, 5.74) is 0. The summed E-state index contributed by atoms with van der Waals surface area (Å²) in [6.07, 6.45) is -0.0717. The number of para-hydroxylation sites is 1. The SMILES string of the molecule is CCNC(=NCC(C)Oc1ccccc1)N1CCS(=O)(=O)C(C)(C)C1.I. The number of rotatable bonds is 5. The molecule has 0 radical (unpaired) electrons. The number of guanidine groups is 1. The molecule has 6 nitrogen and oxygen atoms in total. The molecule has 1 heterocycles. The number of nitrogens with zero attached hydrogens (tertiary/aromatic N) is 2. The van der Waals surface area contributed by atoms with E-state index in [1.807, 2.05) is 49.1 Å². The summed E-state index contributed by atoms with van der Waals surface area (Å²) >= 11 is 0. The molecule has 148 valence electrons. The zero-order chi connectivity index (χ0) is 18.5. The molecule has 0 aromatic heterocycles. The summed E-state index contributed by atoms with van der Waals surface area (Å²) in [6, 6.07) is 9.66. The lowest BCUT2D eigenvalue weighted by Crippen LogP contribution is -2.57. The van der Waals surface area contributed by atoms with Crippen LogP contribution in [0.15, 0.2) is 35.3 Å². The van der Waals surface area contributed by atoms with Gasteiger partial charge in [-0.05, 0) is 39.8 Å². The summed E-state index contributed by atoms with van der Waals surface area (Å²) in [4.78, 5) is 6.69. The minimum atomic E-state index is -3.06. The number of ether oxygens (including phenoxy) is 1. The molecule has 0 aliphatic carbocycles. The quantitative estimate of drug-likeness (QED) is 0.386. The Morgan fingerprint density at radius 3 is 2.58 bits per heavy atom. The predicted molar refractivity (Wildman–Crippen MR) is 117 cm³/mol. The lowest BCUT2D eigenvalue weighted by Gasteiger charge is -2.39. The van der Waals surface area contributed by atoms with Crippen molar-refractivity contribution in [1.82, 2.24) is 10.2 Å². The predicted octanol–water partition coefficient (Wildman–Crippen LogP) is 2.55. The van der Waals surface area contributed by atoms with E-state index < -0.39 is 14.6 Å². The Morgan fingerprint density at radius 2 is 2.00 bits per heavy atom. The maximum Gasteiger partial charge on any atom is 0.194 e. The summed E-state index contributed by atoms with van der Waals surface area (Å²) in [7, 11) is -3.06. The molecule has 1 aliphatic heterocycles. The van der Waals surface area contributed by atoms with E-state index in [2.05, 4.69) is 10.3 Å². The summed E-state index contributed by atoms with van der Waals surface area (Å²) in [5, 5.41) is 3.26. The number of nitrogens with one attached hydrogen (secondary N) is 1. The first-order valence-electron chi connectivity index (χ1n) is 8.72. The van der Waals surface area contributed by atoms with Gasteiger partial charge in [-0.2, -0.15) is 0 Å². The van der Waals surface area contributed by atoms with Crippen LogP contribution in [0.25, 0.3) is 0 Å². The van der Waals surface area contributed by atoms with Crippen molar-refractivity contribution in [1.29, 1.82) is 0 Å². The van der Waals surface area contributed by atoms with E-state index in [0.29, 0.717) is 19.6 Å². The van der Waals surface area contributed by atoms with Gasteiger partial charge in [0.05, 0.1) is 17.0 Å². The van der Waals surface area contributed by atoms with E-state index in [1.165, 1.54) is 0 Å². The van der Waals surface area contributed by atoms with Gasteiger partial charge in [-0.25, -0.2) is 13.4 Å². The van der Waals surface area contributed by atoms with Crippen molar-refractivity contribution in [2.45, 2.75) is 38.5 Å². The summed E-state index contributed by atoms with van der Waals surface area (Å²) in [6.45, 7) is 9.67. The Bertz CT molecular complexity index is 693. The van der Waals surface area contributed by atoms with Gasteiger partial charge in [-0.1, -0.05) is 18.2 Å². The molecule has 0 saturated carbocycles. The van der Waals surface area contributed by atoms with Crippen LogP contribution in [0.3, 0.4) is 0 Å². The standard InChI is InChI=1S/C18H29N3O3S.HI/c1-5-19-17(21-11-12-25(22,23)18(3,4)14-21)20-13-15(2)24-16-9-7-6-8-10-16;/h6-10,15H,5,11-14H2,1-4H3,(H,19,20);1H. The van der Waals surface area contributed by atoms with Crippen molar-refractivity contribution >= 4 is 39.8 Å². The first kappa shape index (κ1) is 23.0. The third-order valence-electron chi connectivity index (χ3n) is 4.26. The first-order valence-corrected chi connectivity index (χ1v) is 10.4. The average molecular weight is 495 g/mol. The van der Waals surface area contributed by atoms with Gasteiger partial charge in [0, 0.05) is 19.6 Å². The van der Waals surface area contributed by atoms with Crippen LogP contribution in [-0.4, -0.2) is 62.1 Å². The van der Waals surface area contributed by atoms with E-state index >= 15 is 0 Å². The van der Waals surface area contributed by atoms with Gasteiger partial charge in [0.1, 0.15) is 11.9 Å². The fraction of sp³-hybridized carbons (Fsp3) is 0.611. The molecule has 0 amide bonds. The van der Waals surface area contributed by atoms with Gasteiger partial charge < -0.3 is 15.0 Å². The molecule has 8 heteroatoms. The molecular weight excluding hydrogens is 465 g/mol. The Balaban J connectivity index is 0.00000338. The molecule has 1 saturated heterocycles. The highest BCUT2D eigenvalue weighted by molar-refractivity contribution is 14.0. The molecule has 1 aromatic rings. The van der Waals surface area contributed by atoms with Crippen LogP contribution in [-0.2, 0) is 9.84 Å². The van der Waals surface area contributed by atoms with Crippen molar-refractivity contribution in [3.63, 3.8) is 0 Å². The molecule has 2 rings (SSSR count). The van der Waals surface area contributed by atoms with Crippen molar-refractivity contribution in [3.05, 3.63) is 30.3 Å². The highest BCUT2D eigenvalue weighted by Crippen LogP contribution is 2.23. The third-order valence-corrected chi connectivity index (χ3v) is 6.79. The van der Waals surface area contributed by atoms with Crippen molar-refractivity contribution in [3.8, 4) is 5.75 Å². The van der Waals surface area contributed by atoms with E-state index in [9.17, 15) is 8.42 Å². The first-order chi connectivity index (χ1) is 11.7. The molecule has 1 N–H and O–H groups in total. The average Bonchev–Trinajstić information content (AvgIpc) is 2.55. The molecule has 1 unspecified atom stereocenters. The fourth-order valence-corrected chi connectivity index (χ4v) is 4.10. The number of halogens is 1. The molecule has 26 heavy (non-hydrogen) atoms. The Hall–Kier alpha value is -1.03. The van der Waals surface area contributed by atoms with Crippen LogP contribution in [0.5, 0.6) is 5.75 Å². The van der Waals surface area contributed by atoms with Crippen molar-refractivity contribution < 1.29 is 13.2 Å². The fourth-order valence-electron chi connectivity index (χ4n) is 2.73. The second kappa shape index (κ2) is 9.77. The van der Waals surface area contributed by atoms with Crippen LogP contribution in [0, 0.1) is 0 Å². The Morgan fingerprint density at radius 1 is 1.35 bits per heavy atom. The molecule has 0 spiro atoms. The lowest BCUT2D eigenvalue weighted by atomic mass is 10.2. The summed E-state index contributed by atoms with van der Waals surface area (Å²) in [5.74, 6) is 1.72. The number of hydrogen-bond donors (Lipinski definition) is 1. The van der Waals surface area contributed by atoms with Crippen LogP contribution in [0.4, 0.5) is 0 Å². The highest BCUT2D eigenvalue weighted by atomic mass is 127. The van der Waals surface area contributed by atoms with Crippen LogP contribution < -0.4 is 10.1 Å². The summed E-state index contributed by atoms with van der Waals surface area (Å²) < 4.78 is 29.5. The largest absolute Gasteiger partial charge is 0.489 e. The Labute approximate surface area is 174 Å². The van der Waals surface area contributed by atoms with E-state index in [4.69, 9.17) is 4.74 Å². The van der Waals surface area contributed by atoms with E-state index in [-0.39, 0.29) is 35.8 Å². The zero-order valence-electron chi connectivity index (χ0n) is 15.9. The second-order valence-corrected chi connectivity index (χ2v) is 9.68. The smallest absolute Gasteiger partial charge is 0.194 e. The molecule has 1 fully saturated rings. The number of hydrogen-bond acceptors (Lipinski definition) is 4. The molecule has 1 aliphatic rings. The molecule has 1 atom stereocenters. The van der Waals surface area contributed by atoms with E-state index in [0.717, 1.165) is 18.3 Å². The maximum atomic E-state index is 12.2. The third kappa shape index (κ3) is 6.00. The molecular formula is C18H30IN3O3S. The van der Waals surface area contributed by atoms with Crippen molar-refractivity contribution in [2.75, 3.05) is 31.9 Å². The van der Waals surface area contributed by atoms with Crippen molar-refractivity contribution in [2.24, 2.45) is 4.99 Å². The van der Waals surface area contributed by atoms with Crippen LogP contribution in [0.2, 0.25) is 0 Å². The van der Waals surface area contributed by atoms with Gasteiger partial charge in [0.15, 0.2) is 15.8 Å². The van der Waals surface area contributed by atoms with Gasteiger partial charge in [0.25, 0.3) is 0 Å². The number of sulfone groups is 1. The minimum Gasteiger partial charge on any atom is -0.489 e. The topological polar surface area (TPSA) is 71.0 Å². The van der Waals surface area contributed by atoms with Gasteiger partial charge in [-0.3, -0.25) is 0 Å².